The van der Waals surface area contributed by atoms with Gasteiger partial charge < -0.3 is 19.7 Å². The standard InChI is InChI=1S/C26H19ClF2O5/c1-11-19-18(34-26(11,10-30)12-5-3-2-4-6-12)9-16(28)22(27)21(19)20-15(25(31)32)7-14-13-8-17(13)33-24(14)23(20)29/h2-7,9,11,13,17,30H,8,10H2,1H3,(H,31,32)/t11-,13?,17?,26-/m0/s1. The monoisotopic (exact) mass is 484 g/mol. The molecule has 174 valence electrons. The van der Waals surface area contributed by atoms with Gasteiger partial charge in [-0.25, -0.2) is 13.6 Å². The van der Waals surface area contributed by atoms with E-state index >= 15 is 8.78 Å². The number of aliphatic hydroxyl groups excluding tert-OH is 1. The summed E-state index contributed by atoms with van der Waals surface area (Å²) in [5.41, 5.74) is -0.581. The first-order chi connectivity index (χ1) is 16.3. The number of ether oxygens (including phenoxy) is 2. The zero-order valence-corrected chi connectivity index (χ0v) is 18.7. The molecular formula is C26H19ClF2O5. The zero-order chi connectivity index (χ0) is 23.9. The van der Waals surface area contributed by atoms with Crippen LogP contribution in [0.4, 0.5) is 8.78 Å². The van der Waals surface area contributed by atoms with Gasteiger partial charge in [0.25, 0.3) is 0 Å². The minimum atomic E-state index is -1.36. The molecule has 0 saturated heterocycles. The molecule has 8 heteroatoms. The van der Waals surface area contributed by atoms with Crippen LogP contribution in [0, 0.1) is 11.6 Å². The van der Waals surface area contributed by atoms with Crippen LogP contribution in [0.2, 0.25) is 5.02 Å². The number of halogens is 3. The SMILES string of the molecule is C[C@H]1c2c(cc(F)c(Cl)c2-c2c(C(=O)O)cc3c(c2F)OC2CC32)O[C@]1(CO)c1ccccc1. The van der Waals surface area contributed by atoms with Crippen LogP contribution in [-0.2, 0) is 5.60 Å². The number of hydrogen-bond acceptors (Lipinski definition) is 4. The Morgan fingerprint density at radius 2 is 1.94 bits per heavy atom. The lowest BCUT2D eigenvalue weighted by atomic mass is 9.78. The Hall–Kier alpha value is -3.16. The van der Waals surface area contributed by atoms with Crippen LogP contribution in [0.15, 0.2) is 42.5 Å². The molecule has 0 amide bonds. The van der Waals surface area contributed by atoms with Crippen molar-refractivity contribution in [2.24, 2.45) is 0 Å². The molecule has 3 aromatic carbocycles. The molecule has 4 atom stereocenters. The Bertz CT molecular complexity index is 1380. The van der Waals surface area contributed by atoms with E-state index in [0.717, 1.165) is 6.07 Å². The molecule has 3 aromatic rings. The second-order valence-corrected chi connectivity index (χ2v) is 9.41. The highest BCUT2D eigenvalue weighted by Crippen LogP contribution is 2.59. The first-order valence-corrected chi connectivity index (χ1v) is 11.3. The molecule has 0 bridgehead atoms. The summed E-state index contributed by atoms with van der Waals surface area (Å²) in [6.07, 6.45) is 0.541. The van der Waals surface area contributed by atoms with Gasteiger partial charge in [-0.15, -0.1) is 0 Å². The van der Waals surface area contributed by atoms with Crippen molar-refractivity contribution >= 4 is 17.6 Å². The summed E-state index contributed by atoms with van der Waals surface area (Å²) in [6.45, 7) is 1.31. The number of aliphatic hydroxyl groups is 1. The molecule has 1 fully saturated rings. The van der Waals surface area contributed by atoms with Crippen molar-refractivity contribution in [2.45, 2.75) is 36.9 Å². The normalized spacial score (nSPS) is 25.7. The average molecular weight is 485 g/mol. The topological polar surface area (TPSA) is 76.0 Å². The molecule has 5 nitrogen and oxygen atoms in total. The summed E-state index contributed by atoms with van der Waals surface area (Å²) < 4.78 is 42.8. The highest BCUT2D eigenvalue weighted by atomic mass is 35.5. The molecule has 0 radical (unpaired) electrons. The lowest BCUT2D eigenvalue weighted by Crippen LogP contribution is -2.38. The first-order valence-electron chi connectivity index (χ1n) is 10.9. The summed E-state index contributed by atoms with van der Waals surface area (Å²) in [5, 5.41) is 20.0. The third kappa shape index (κ3) is 2.71. The van der Waals surface area contributed by atoms with Gasteiger partial charge in [-0.1, -0.05) is 48.9 Å². The summed E-state index contributed by atoms with van der Waals surface area (Å²) in [4.78, 5) is 12.2. The van der Waals surface area contributed by atoms with Crippen LogP contribution in [0.3, 0.4) is 0 Å². The van der Waals surface area contributed by atoms with Crippen molar-refractivity contribution in [1.29, 1.82) is 0 Å². The number of benzene rings is 3. The molecule has 6 rings (SSSR count). The molecule has 1 saturated carbocycles. The predicted octanol–water partition coefficient (Wildman–Crippen LogP) is 5.62. The van der Waals surface area contributed by atoms with Gasteiger partial charge in [0.2, 0.25) is 0 Å². The van der Waals surface area contributed by atoms with Gasteiger partial charge in [0.15, 0.2) is 17.2 Å². The minimum Gasteiger partial charge on any atom is -0.486 e. The number of carbonyl (C=O) groups is 1. The molecule has 0 spiro atoms. The number of carboxylic acid groups (broad SMARTS) is 1. The fourth-order valence-corrected chi connectivity index (χ4v) is 5.67. The maximum Gasteiger partial charge on any atom is 0.336 e. The molecule has 2 heterocycles. The molecule has 2 N–H and O–H groups in total. The van der Waals surface area contributed by atoms with E-state index in [1.807, 2.05) is 6.07 Å². The second kappa shape index (κ2) is 7.17. The van der Waals surface area contributed by atoms with Crippen molar-refractivity contribution in [3.63, 3.8) is 0 Å². The smallest absolute Gasteiger partial charge is 0.336 e. The van der Waals surface area contributed by atoms with Gasteiger partial charge >= 0.3 is 5.97 Å². The number of aromatic carboxylic acids is 1. The summed E-state index contributed by atoms with van der Waals surface area (Å²) in [5.74, 6) is -3.73. The summed E-state index contributed by atoms with van der Waals surface area (Å²) in [6, 6.07) is 11.4. The van der Waals surface area contributed by atoms with Gasteiger partial charge in [0, 0.05) is 40.2 Å². The van der Waals surface area contributed by atoms with Crippen molar-refractivity contribution in [2.75, 3.05) is 6.61 Å². The van der Waals surface area contributed by atoms with Crippen molar-refractivity contribution in [3.8, 4) is 22.6 Å². The van der Waals surface area contributed by atoms with Crippen LogP contribution in [0.1, 0.15) is 52.2 Å². The van der Waals surface area contributed by atoms with Crippen LogP contribution in [0.5, 0.6) is 11.5 Å². The highest BCUT2D eigenvalue weighted by Gasteiger charge is 2.52. The van der Waals surface area contributed by atoms with Crippen molar-refractivity contribution in [3.05, 3.63) is 81.4 Å². The van der Waals surface area contributed by atoms with E-state index in [1.54, 1.807) is 31.2 Å². The summed E-state index contributed by atoms with van der Waals surface area (Å²) >= 11 is 6.40. The Balaban J connectivity index is 1.64. The molecule has 2 unspecified atom stereocenters. The van der Waals surface area contributed by atoms with E-state index in [4.69, 9.17) is 21.1 Å². The van der Waals surface area contributed by atoms with Gasteiger partial charge in [-0.2, -0.15) is 0 Å². The molecule has 3 aliphatic rings. The van der Waals surface area contributed by atoms with Gasteiger partial charge in [0.1, 0.15) is 17.7 Å². The Labute approximate surface area is 198 Å². The van der Waals surface area contributed by atoms with Crippen LogP contribution >= 0.6 is 11.6 Å². The van der Waals surface area contributed by atoms with E-state index in [2.05, 4.69) is 0 Å². The van der Waals surface area contributed by atoms with Gasteiger partial charge in [0.05, 0.1) is 17.2 Å². The predicted molar refractivity (Wildman–Crippen MR) is 120 cm³/mol. The van der Waals surface area contributed by atoms with Crippen LogP contribution in [0.25, 0.3) is 11.1 Å². The molecular weight excluding hydrogens is 466 g/mol. The van der Waals surface area contributed by atoms with Crippen molar-refractivity contribution < 1.29 is 33.3 Å². The number of rotatable bonds is 4. The fraction of sp³-hybridized carbons (Fsp3) is 0.269. The highest BCUT2D eigenvalue weighted by molar-refractivity contribution is 6.34. The first kappa shape index (κ1) is 21.4. The quantitative estimate of drug-likeness (QED) is 0.503. The van der Waals surface area contributed by atoms with Gasteiger partial charge in [-0.3, -0.25) is 0 Å². The third-order valence-corrected chi connectivity index (χ3v) is 7.64. The Morgan fingerprint density at radius 3 is 2.62 bits per heavy atom. The van der Waals surface area contributed by atoms with Crippen LogP contribution < -0.4 is 9.47 Å². The van der Waals surface area contributed by atoms with E-state index in [-0.39, 0.29) is 40.2 Å². The average Bonchev–Trinajstić information content (AvgIpc) is 3.42. The largest absolute Gasteiger partial charge is 0.486 e. The van der Waals surface area contributed by atoms with E-state index in [0.29, 0.717) is 23.1 Å². The van der Waals surface area contributed by atoms with E-state index in [1.165, 1.54) is 6.07 Å². The minimum absolute atomic E-state index is 0.0154. The van der Waals surface area contributed by atoms with Crippen molar-refractivity contribution in [1.82, 2.24) is 0 Å². The van der Waals surface area contributed by atoms with Crippen LogP contribution in [-0.4, -0.2) is 28.9 Å². The third-order valence-electron chi connectivity index (χ3n) is 7.27. The molecule has 34 heavy (non-hydrogen) atoms. The lowest BCUT2D eigenvalue weighted by Gasteiger charge is -2.32. The molecule has 1 aliphatic carbocycles. The lowest BCUT2D eigenvalue weighted by molar-refractivity contribution is 0.00737. The molecule has 2 aliphatic heterocycles. The number of hydrogen-bond donors (Lipinski definition) is 2. The van der Waals surface area contributed by atoms with E-state index < -0.39 is 40.8 Å². The van der Waals surface area contributed by atoms with E-state index in [9.17, 15) is 15.0 Å². The maximum atomic E-state index is 15.9. The number of fused-ring (bicyclic) bond motifs is 4. The second-order valence-electron chi connectivity index (χ2n) is 9.03. The summed E-state index contributed by atoms with van der Waals surface area (Å²) in [7, 11) is 0. The molecule has 0 aromatic heterocycles. The Kier molecular flexibility index (Phi) is 4.51. The maximum absolute atomic E-state index is 15.9. The zero-order valence-electron chi connectivity index (χ0n) is 17.9. The number of carboxylic acids is 1. The Morgan fingerprint density at radius 1 is 1.21 bits per heavy atom. The fourth-order valence-electron chi connectivity index (χ4n) is 5.42. The van der Waals surface area contributed by atoms with Gasteiger partial charge in [-0.05, 0) is 18.1 Å².